The van der Waals surface area contributed by atoms with Crippen molar-refractivity contribution < 1.29 is 19.1 Å². The third-order valence-corrected chi connectivity index (χ3v) is 3.55. The number of carbonyl (C=O) groups excluding carboxylic acids is 2. The maximum absolute atomic E-state index is 12.2. The molecule has 7 heteroatoms. The van der Waals surface area contributed by atoms with Gasteiger partial charge in [0.1, 0.15) is 5.75 Å². The van der Waals surface area contributed by atoms with Gasteiger partial charge in [-0.3, -0.25) is 4.79 Å². The van der Waals surface area contributed by atoms with Gasteiger partial charge in [-0.15, -0.1) is 0 Å². The van der Waals surface area contributed by atoms with Gasteiger partial charge in [0, 0.05) is 16.4 Å². The number of nitrogens with two attached hydrogens (primary N) is 1. The summed E-state index contributed by atoms with van der Waals surface area (Å²) in [5.41, 5.74) is 6.66. The highest BCUT2D eigenvalue weighted by Gasteiger charge is 2.20. The fourth-order valence-corrected chi connectivity index (χ4v) is 2.22. The van der Waals surface area contributed by atoms with Crippen molar-refractivity contribution in [2.45, 2.75) is 20.0 Å². The summed E-state index contributed by atoms with van der Waals surface area (Å²) in [5.74, 6) is -0.438. The number of benzene rings is 2. The first-order valence-corrected chi connectivity index (χ1v) is 8.08. The van der Waals surface area contributed by atoms with Crippen LogP contribution in [-0.2, 0) is 9.53 Å². The minimum absolute atomic E-state index is 0.158. The van der Waals surface area contributed by atoms with Crippen molar-refractivity contribution in [3.63, 3.8) is 0 Å². The van der Waals surface area contributed by atoms with Crippen LogP contribution < -0.4 is 15.8 Å². The van der Waals surface area contributed by atoms with Crippen molar-refractivity contribution in [2.75, 3.05) is 17.7 Å². The molecule has 0 saturated heterocycles. The van der Waals surface area contributed by atoms with Crippen molar-refractivity contribution in [1.82, 2.24) is 0 Å². The zero-order valence-electron chi connectivity index (χ0n) is 13.9. The van der Waals surface area contributed by atoms with E-state index >= 15 is 0 Å². The highest BCUT2D eigenvalue weighted by molar-refractivity contribution is 6.31. The topological polar surface area (TPSA) is 90.6 Å². The monoisotopic (exact) mass is 362 g/mol. The van der Waals surface area contributed by atoms with Crippen molar-refractivity contribution >= 4 is 34.9 Å². The summed E-state index contributed by atoms with van der Waals surface area (Å²) in [6, 6.07) is 11.3. The Morgan fingerprint density at radius 2 is 1.88 bits per heavy atom. The average Bonchev–Trinajstić information content (AvgIpc) is 2.56. The molecule has 0 aliphatic heterocycles. The van der Waals surface area contributed by atoms with E-state index in [1.807, 2.05) is 6.92 Å². The number of rotatable bonds is 6. The Hall–Kier alpha value is -2.73. The van der Waals surface area contributed by atoms with E-state index < -0.39 is 18.0 Å². The van der Waals surface area contributed by atoms with E-state index in [0.717, 1.165) is 0 Å². The number of esters is 1. The predicted molar refractivity (Wildman–Crippen MR) is 97.0 cm³/mol. The number of hydrogen-bond acceptors (Lipinski definition) is 5. The number of carbonyl (C=O) groups is 2. The molecule has 2 aromatic rings. The predicted octanol–water partition coefficient (Wildman–Crippen LogP) is 3.50. The molecule has 0 aliphatic rings. The smallest absolute Gasteiger partial charge is 0.341 e. The molecule has 0 unspecified atom stereocenters. The number of halogens is 1. The van der Waals surface area contributed by atoms with E-state index in [0.29, 0.717) is 23.1 Å². The van der Waals surface area contributed by atoms with Crippen molar-refractivity contribution in [3.8, 4) is 5.75 Å². The van der Waals surface area contributed by atoms with Gasteiger partial charge in [0.05, 0.1) is 12.2 Å². The molecule has 2 aromatic carbocycles. The zero-order chi connectivity index (χ0) is 18.4. The van der Waals surface area contributed by atoms with Crippen molar-refractivity contribution in [3.05, 3.63) is 53.1 Å². The van der Waals surface area contributed by atoms with Crippen LogP contribution >= 0.6 is 11.6 Å². The Morgan fingerprint density at radius 3 is 2.48 bits per heavy atom. The van der Waals surface area contributed by atoms with Gasteiger partial charge < -0.3 is 20.5 Å². The van der Waals surface area contributed by atoms with Crippen LogP contribution in [-0.4, -0.2) is 24.6 Å². The molecule has 25 heavy (non-hydrogen) atoms. The first-order chi connectivity index (χ1) is 11.9. The Bertz CT molecular complexity index is 762. The molecule has 0 saturated carbocycles. The summed E-state index contributed by atoms with van der Waals surface area (Å²) in [6.45, 7) is 3.93. The minimum atomic E-state index is -0.992. The quantitative estimate of drug-likeness (QED) is 0.606. The molecule has 0 heterocycles. The van der Waals surface area contributed by atoms with E-state index in [4.69, 9.17) is 26.8 Å². The summed E-state index contributed by atoms with van der Waals surface area (Å²) in [4.78, 5) is 24.3. The standard InChI is InChI=1S/C18H19ClN2O4/c1-3-24-14-7-5-13(6-8-14)21-17(22)11(2)25-18(23)15-9-4-12(19)10-16(15)20/h4-11H,3,20H2,1-2H3,(H,21,22)/t11-/m1/s1. The Kier molecular flexibility index (Phi) is 6.25. The van der Waals surface area contributed by atoms with Gasteiger partial charge in [-0.25, -0.2) is 4.79 Å². The van der Waals surface area contributed by atoms with Crippen LogP contribution in [0, 0.1) is 0 Å². The SMILES string of the molecule is CCOc1ccc(NC(=O)[C@@H](C)OC(=O)c2ccc(Cl)cc2N)cc1. The second-order valence-corrected chi connectivity index (χ2v) is 5.66. The van der Waals surface area contributed by atoms with E-state index in [1.165, 1.54) is 25.1 Å². The lowest BCUT2D eigenvalue weighted by atomic mass is 10.2. The fraction of sp³-hybridized carbons (Fsp3) is 0.222. The first kappa shape index (κ1) is 18.6. The molecule has 1 atom stereocenters. The summed E-state index contributed by atoms with van der Waals surface area (Å²) >= 11 is 5.79. The van der Waals surface area contributed by atoms with E-state index in [2.05, 4.69) is 5.32 Å². The molecule has 0 bridgehead atoms. The average molecular weight is 363 g/mol. The van der Waals surface area contributed by atoms with Crippen molar-refractivity contribution in [2.24, 2.45) is 0 Å². The maximum atomic E-state index is 12.2. The highest BCUT2D eigenvalue weighted by atomic mass is 35.5. The summed E-state index contributed by atoms with van der Waals surface area (Å²) in [7, 11) is 0. The van der Waals surface area contributed by atoms with Crippen LogP contribution in [0.1, 0.15) is 24.2 Å². The molecule has 0 aromatic heterocycles. The largest absolute Gasteiger partial charge is 0.494 e. The fourth-order valence-electron chi connectivity index (χ4n) is 2.04. The lowest BCUT2D eigenvalue weighted by Gasteiger charge is -2.14. The number of anilines is 2. The molecular weight excluding hydrogens is 344 g/mol. The molecule has 132 valence electrons. The zero-order valence-corrected chi connectivity index (χ0v) is 14.7. The summed E-state index contributed by atoms with van der Waals surface area (Å²) in [5, 5.41) is 3.08. The Balaban J connectivity index is 1.96. The van der Waals surface area contributed by atoms with Gasteiger partial charge in [0.15, 0.2) is 6.10 Å². The van der Waals surface area contributed by atoms with Crippen LogP contribution in [0.5, 0.6) is 5.75 Å². The van der Waals surface area contributed by atoms with Gasteiger partial charge in [0.2, 0.25) is 0 Å². The highest BCUT2D eigenvalue weighted by Crippen LogP contribution is 2.20. The maximum Gasteiger partial charge on any atom is 0.341 e. The Labute approximate surface area is 150 Å². The number of nitrogens with one attached hydrogen (secondary N) is 1. The number of amides is 1. The van der Waals surface area contributed by atoms with Crippen LogP contribution in [0.25, 0.3) is 0 Å². The lowest BCUT2D eigenvalue weighted by molar-refractivity contribution is -0.123. The van der Waals surface area contributed by atoms with Gasteiger partial charge in [-0.2, -0.15) is 0 Å². The van der Waals surface area contributed by atoms with Crippen LogP contribution in [0.2, 0.25) is 5.02 Å². The lowest BCUT2D eigenvalue weighted by Crippen LogP contribution is -2.30. The van der Waals surface area contributed by atoms with Crippen LogP contribution in [0.15, 0.2) is 42.5 Å². The molecule has 2 rings (SSSR count). The number of ether oxygens (including phenoxy) is 2. The van der Waals surface area contributed by atoms with Gasteiger partial charge in [-0.05, 0) is 56.3 Å². The van der Waals surface area contributed by atoms with E-state index in [1.54, 1.807) is 24.3 Å². The van der Waals surface area contributed by atoms with E-state index in [-0.39, 0.29) is 11.3 Å². The summed E-state index contributed by atoms with van der Waals surface area (Å²) in [6.07, 6.45) is -0.992. The third-order valence-electron chi connectivity index (χ3n) is 3.32. The number of hydrogen-bond donors (Lipinski definition) is 2. The second-order valence-electron chi connectivity index (χ2n) is 5.23. The molecule has 6 nitrogen and oxygen atoms in total. The molecule has 0 spiro atoms. The van der Waals surface area contributed by atoms with Crippen molar-refractivity contribution in [1.29, 1.82) is 0 Å². The summed E-state index contributed by atoms with van der Waals surface area (Å²) < 4.78 is 10.5. The van der Waals surface area contributed by atoms with Gasteiger partial charge in [-0.1, -0.05) is 11.6 Å². The first-order valence-electron chi connectivity index (χ1n) is 7.70. The van der Waals surface area contributed by atoms with E-state index in [9.17, 15) is 9.59 Å². The van der Waals surface area contributed by atoms with Gasteiger partial charge in [0.25, 0.3) is 5.91 Å². The molecular formula is C18H19ClN2O4. The number of nitrogen functional groups attached to an aromatic ring is 1. The Morgan fingerprint density at radius 1 is 1.20 bits per heavy atom. The normalized spacial score (nSPS) is 11.5. The minimum Gasteiger partial charge on any atom is -0.494 e. The van der Waals surface area contributed by atoms with Crippen LogP contribution in [0.3, 0.4) is 0 Å². The molecule has 0 aliphatic carbocycles. The second kappa shape index (κ2) is 8.39. The van der Waals surface area contributed by atoms with Gasteiger partial charge >= 0.3 is 5.97 Å². The molecule has 1 amide bonds. The molecule has 0 radical (unpaired) electrons. The van der Waals surface area contributed by atoms with Crippen LogP contribution in [0.4, 0.5) is 11.4 Å². The molecule has 3 N–H and O–H groups in total. The third kappa shape index (κ3) is 5.12. The molecule has 0 fully saturated rings.